The van der Waals surface area contributed by atoms with E-state index in [0.29, 0.717) is 6.42 Å². The zero-order valence-corrected chi connectivity index (χ0v) is 13.8. The highest BCUT2D eigenvalue weighted by molar-refractivity contribution is 5.72. The molecular formula is C17H21N3O4. The van der Waals surface area contributed by atoms with Crippen molar-refractivity contribution in [2.45, 2.75) is 25.5 Å². The van der Waals surface area contributed by atoms with Crippen LogP contribution in [0.3, 0.4) is 0 Å². The number of carbonyl (C=O) groups is 2. The SMILES string of the molecule is COC(=O)C[C@H](Cc1cnc[nH]1)N(C)C(=O)OCc1ccccc1. The summed E-state index contributed by atoms with van der Waals surface area (Å²) < 4.78 is 10.0. The van der Waals surface area contributed by atoms with E-state index in [1.54, 1.807) is 19.6 Å². The summed E-state index contributed by atoms with van der Waals surface area (Å²) in [7, 11) is 2.93. The Morgan fingerprint density at radius 3 is 2.67 bits per heavy atom. The predicted molar refractivity (Wildman–Crippen MR) is 87.1 cm³/mol. The Labute approximate surface area is 140 Å². The summed E-state index contributed by atoms with van der Waals surface area (Å²) >= 11 is 0. The summed E-state index contributed by atoms with van der Waals surface area (Å²) in [5.74, 6) is -0.387. The van der Waals surface area contributed by atoms with Crippen molar-refractivity contribution in [3.05, 3.63) is 54.1 Å². The number of aromatic amines is 1. The molecular weight excluding hydrogens is 310 g/mol. The van der Waals surface area contributed by atoms with Gasteiger partial charge in [0.15, 0.2) is 0 Å². The third kappa shape index (κ3) is 5.12. The minimum atomic E-state index is -0.493. The summed E-state index contributed by atoms with van der Waals surface area (Å²) in [6.07, 6.45) is 3.25. The maximum atomic E-state index is 12.3. The quantitative estimate of drug-likeness (QED) is 0.786. The second-order valence-electron chi connectivity index (χ2n) is 5.37. The fraction of sp³-hybridized carbons (Fsp3) is 0.353. The summed E-state index contributed by atoms with van der Waals surface area (Å²) in [6, 6.07) is 9.03. The number of H-pyrrole nitrogens is 1. The largest absolute Gasteiger partial charge is 0.469 e. The van der Waals surface area contributed by atoms with Crippen LogP contribution in [0.1, 0.15) is 17.7 Å². The minimum absolute atomic E-state index is 0.0759. The van der Waals surface area contributed by atoms with Crippen molar-refractivity contribution in [1.82, 2.24) is 14.9 Å². The standard InChI is InChI=1S/C17H21N3O4/c1-20(17(22)24-11-13-6-4-3-5-7-13)15(9-16(21)23-2)8-14-10-18-12-19-14/h3-7,10,12,15H,8-9,11H2,1-2H3,(H,18,19)/t15-/m0/s1. The van der Waals surface area contributed by atoms with Gasteiger partial charge < -0.3 is 19.4 Å². The highest BCUT2D eigenvalue weighted by Gasteiger charge is 2.25. The molecule has 0 radical (unpaired) electrons. The Bertz CT molecular complexity index is 643. The van der Waals surface area contributed by atoms with Crippen LogP contribution in [-0.4, -0.2) is 47.1 Å². The first-order chi connectivity index (χ1) is 11.6. The van der Waals surface area contributed by atoms with Gasteiger partial charge in [0.25, 0.3) is 0 Å². The van der Waals surface area contributed by atoms with Crippen LogP contribution in [0.5, 0.6) is 0 Å². The van der Waals surface area contributed by atoms with Gasteiger partial charge in [0, 0.05) is 25.4 Å². The number of esters is 1. The average molecular weight is 331 g/mol. The number of nitrogens with one attached hydrogen (secondary N) is 1. The molecule has 2 rings (SSSR count). The van der Waals surface area contributed by atoms with Crippen molar-refractivity contribution in [1.29, 1.82) is 0 Å². The molecule has 1 heterocycles. The molecule has 1 amide bonds. The predicted octanol–water partition coefficient (Wildman–Crippen LogP) is 2.15. The Kier molecular flexibility index (Phi) is 6.36. The van der Waals surface area contributed by atoms with Crippen LogP contribution in [0.2, 0.25) is 0 Å². The third-order valence-electron chi connectivity index (χ3n) is 3.68. The van der Waals surface area contributed by atoms with E-state index in [4.69, 9.17) is 9.47 Å². The van der Waals surface area contributed by atoms with Gasteiger partial charge in [-0.3, -0.25) is 4.79 Å². The number of hydrogen-bond donors (Lipinski definition) is 1. The summed E-state index contributed by atoms with van der Waals surface area (Å²) in [6.45, 7) is 0.180. The van der Waals surface area contributed by atoms with E-state index in [1.807, 2.05) is 30.3 Å². The molecule has 0 spiro atoms. The number of amides is 1. The number of aromatic nitrogens is 2. The van der Waals surface area contributed by atoms with Crippen LogP contribution >= 0.6 is 0 Å². The molecule has 1 aromatic heterocycles. The van der Waals surface area contributed by atoms with Gasteiger partial charge in [-0.05, 0) is 5.56 Å². The Morgan fingerprint density at radius 2 is 2.04 bits per heavy atom. The number of nitrogens with zero attached hydrogens (tertiary/aromatic N) is 2. The number of imidazole rings is 1. The van der Waals surface area contributed by atoms with E-state index in [-0.39, 0.29) is 25.0 Å². The van der Waals surface area contributed by atoms with Gasteiger partial charge in [0.1, 0.15) is 6.61 Å². The summed E-state index contributed by atoms with van der Waals surface area (Å²) in [5.41, 5.74) is 1.73. The van der Waals surface area contributed by atoms with Crippen LogP contribution < -0.4 is 0 Å². The molecule has 1 aromatic carbocycles. The molecule has 1 atom stereocenters. The first kappa shape index (κ1) is 17.5. The van der Waals surface area contributed by atoms with Crippen LogP contribution in [0, 0.1) is 0 Å². The van der Waals surface area contributed by atoms with E-state index >= 15 is 0 Å². The number of carbonyl (C=O) groups excluding carboxylic acids is 2. The molecule has 7 nitrogen and oxygen atoms in total. The maximum Gasteiger partial charge on any atom is 0.410 e. The number of hydrogen-bond acceptors (Lipinski definition) is 5. The molecule has 128 valence electrons. The van der Waals surface area contributed by atoms with Gasteiger partial charge in [-0.15, -0.1) is 0 Å². The third-order valence-corrected chi connectivity index (χ3v) is 3.68. The van der Waals surface area contributed by atoms with Crippen LogP contribution in [0.15, 0.2) is 42.9 Å². The molecule has 0 unspecified atom stereocenters. The van der Waals surface area contributed by atoms with Gasteiger partial charge in [0.2, 0.25) is 0 Å². The molecule has 1 N–H and O–H groups in total. The van der Waals surface area contributed by atoms with Crippen molar-refractivity contribution >= 4 is 12.1 Å². The highest BCUT2D eigenvalue weighted by Crippen LogP contribution is 2.12. The summed E-state index contributed by atoms with van der Waals surface area (Å²) in [5, 5.41) is 0. The van der Waals surface area contributed by atoms with Crippen molar-refractivity contribution in [3.8, 4) is 0 Å². The van der Waals surface area contributed by atoms with Crippen molar-refractivity contribution in [3.63, 3.8) is 0 Å². The molecule has 0 fully saturated rings. The lowest BCUT2D eigenvalue weighted by atomic mass is 10.1. The lowest BCUT2D eigenvalue weighted by molar-refractivity contribution is -0.141. The fourth-order valence-electron chi connectivity index (χ4n) is 2.24. The number of benzene rings is 1. The van der Waals surface area contributed by atoms with Crippen molar-refractivity contribution < 1.29 is 19.1 Å². The lowest BCUT2D eigenvalue weighted by Gasteiger charge is -2.26. The number of rotatable bonds is 7. The Balaban J connectivity index is 1.98. The second-order valence-corrected chi connectivity index (χ2v) is 5.37. The molecule has 7 heteroatoms. The van der Waals surface area contributed by atoms with Gasteiger partial charge >= 0.3 is 12.1 Å². The molecule has 0 aliphatic rings. The summed E-state index contributed by atoms with van der Waals surface area (Å²) in [4.78, 5) is 32.2. The molecule has 0 aliphatic carbocycles. The molecule has 0 saturated carbocycles. The van der Waals surface area contributed by atoms with E-state index < -0.39 is 6.09 Å². The highest BCUT2D eigenvalue weighted by atomic mass is 16.6. The molecule has 0 saturated heterocycles. The fourth-order valence-corrected chi connectivity index (χ4v) is 2.24. The van der Waals surface area contributed by atoms with Gasteiger partial charge in [0.05, 0.1) is 25.9 Å². The normalized spacial score (nSPS) is 11.6. The van der Waals surface area contributed by atoms with Gasteiger partial charge in [-0.2, -0.15) is 0 Å². The van der Waals surface area contributed by atoms with E-state index in [9.17, 15) is 9.59 Å². The Morgan fingerprint density at radius 1 is 1.29 bits per heavy atom. The van der Waals surface area contributed by atoms with E-state index in [1.165, 1.54) is 12.0 Å². The zero-order chi connectivity index (χ0) is 17.4. The number of methoxy groups -OCH3 is 1. The molecule has 2 aromatic rings. The average Bonchev–Trinajstić information content (AvgIpc) is 3.12. The smallest absolute Gasteiger partial charge is 0.410 e. The van der Waals surface area contributed by atoms with E-state index in [2.05, 4.69) is 9.97 Å². The first-order valence-electron chi connectivity index (χ1n) is 7.57. The molecule has 24 heavy (non-hydrogen) atoms. The van der Waals surface area contributed by atoms with Gasteiger partial charge in [-0.25, -0.2) is 9.78 Å². The molecule has 0 aliphatic heterocycles. The van der Waals surface area contributed by atoms with Gasteiger partial charge in [-0.1, -0.05) is 30.3 Å². The van der Waals surface area contributed by atoms with Crippen molar-refractivity contribution in [2.75, 3.05) is 14.2 Å². The minimum Gasteiger partial charge on any atom is -0.469 e. The number of likely N-dealkylation sites (N-methyl/N-ethyl adjacent to an activating group) is 1. The first-order valence-corrected chi connectivity index (χ1v) is 7.57. The van der Waals surface area contributed by atoms with Crippen molar-refractivity contribution in [2.24, 2.45) is 0 Å². The zero-order valence-electron chi connectivity index (χ0n) is 13.8. The maximum absolute atomic E-state index is 12.3. The second kappa shape index (κ2) is 8.71. The Hall–Kier alpha value is -2.83. The van der Waals surface area contributed by atoms with Crippen LogP contribution in [-0.2, 0) is 27.3 Å². The molecule has 0 bridgehead atoms. The number of ether oxygens (including phenoxy) is 2. The van der Waals surface area contributed by atoms with Crippen LogP contribution in [0.4, 0.5) is 4.79 Å². The topological polar surface area (TPSA) is 84.5 Å². The van der Waals surface area contributed by atoms with E-state index in [0.717, 1.165) is 11.3 Å². The lowest BCUT2D eigenvalue weighted by Crippen LogP contribution is -2.40. The van der Waals surface area contributed by atoms with Crippen LogP contribution in [0.25, 0.3) is 0 Å². The monoisotopic (exact) mass is 331 g/mol.